The van der Waals surface area contributed by atoms with E-state index in [0.29, 0.717) is 5.56 Å². The number of carbonyl (C=O) groups excluding carboxylic acids is 4. The average Bonchev–Trinajstić information content (AvgIpc) is 2.85. The molecule has 6 N–H and O–H groups in total. The Morgan fingerprint density at radius 2 is 1.74 bits per heavy atom. The number of carbonyl (C=O) groups is 4. The van der Waals surface area contributed by atoms with E-state index >= 15 is 0 Å². The summed E-state index contributed by atoms with van der Waals surface area (Å²) in [5.41, 5.74) is -2.26. The number of anilines is 1. The SMILES string of the molecule is CCC(=O)NCNC(=O)C1=C(O)C2(O)C(=O)C3=C(O)c4c(O)ccc(N(C)C)c4CC3CC2C(N(C)C)C1=O. The van der Waals surface area contributed by atoms with Crippen molar-refractivity contribution >= 4 is 34.8 Å². The van der Waals surface area contributed by atoms with Gasteiger partial charge in [0, 0.05) is 37.7 Å². The van der Waals surface area contributed by atoms with Gasteiger partial charge in [0.15, 0.2) is 11.4 Å². The van der Waals surface area contributed by atoms with Crippen molar-refractivity contribution < 1.29 is 39.6 Å². The lowest BCUT2D eigenvalue weighted by Crippen LogP contribution is -2.66. The fourth-order valence-electron chi connectivity index (χ4n) is 6.06. The van der Waals surface area contributed by atoms with E-state index < -0.39 is 58.0 Å². The maximum atomic E-state index is 14.0. The number of nitrogens with one attached hydrogen (secondary N) is 2. The number of rotatable bonds is 6. The number of likely N-dealkylation sites (N-methyl/N-ethyl adjacent to an activating group) is 1. The Labute approximate surface area is 225 Å². The highest BCUT2D eigenvalue weighted by Crippen LogP contribution is 2.53. The number of aromatic hydroxyl groups is 1. The highest BCUT2D eigenvalue weighted by Gasteiger charge is 2.64. The van der Waals surface area contributed by atoms with Crippen LogP contribution < -0.4 is 15.5 Å². The lowest BCUT2D eigenvalue weighted by Gasteiger charge is -2.50. The second-order valence-corrected chi connectivity index (χ2v) is 10.6. The summed E-state index contributed by atoms with van der Waals surface area (Å²) in [5, 5.41) is 49.6. The van der Waals surface area contributed by atoms with Gasteiger partial charge in [-0.05, 0) is 50.6 Å². The normalized spacial score (nSPS) is 26.2. The van der Waals surface area contributed by atoms with Crippen molar-refractivity contribution in [3.05, 3.63) is 40.2 Å². The molecule has 4 atom stereocenters. The zero-order valence-electron chi connectivity index (χ0n) is 22.5. The predicted octanol–water partition coefficient (Wildman–Crippen LogP) is 0.145. The summed E-state index contributed by atoms with van der Waals surface area (Å²) in [4.78, 5) is 55.4. The third-order valence-electron chi connectivity index (χ3n) is 7.90. The lowest BCUT2D eigenvalue weighted by molar-refractivity contribution is -0.153. The van der Waals surface area contributed by atoms with Crippen LogP contribution in [0.5, 0.6) is 5.75 Å². The standard InChI is InChI=1S/C27H34N4O8/c1-6-17(33)28-11-29-26(38)20-23(35)21(31(4)5)14-10-12-9-13-15(30(2)3)7-8-16(32)19(13)22(34)18(12)24(36)27(14,39)25(20)37/h7-8,12,14,21,32,34,37,39H,6,9-11H2,1-5H3,(H,28,33)(H,29,38). The van der Waals surface area contributed by atoms with E-state index in [4.69, 9.17) is 0 Å². The molecule has 0 saturated heterocycles. The first-order valence-corrected chi connectivity index (χ1v) is 12.7. The van der Waals surface area contributed by atoms with Gasteiger partial charge in [0.25, 0.3) is 5.91 Å². The Kier molecular flexibility index (Phi) is 7.21. The van der Waals surface area contributed by atoms with E-state index in [9.17, 15) is 39.6 Å². The third-order valence-corrected chi connectivity index (χ3v) is 7.90. The van der Waals surface area contributed by atoms with E-state index in [-0.39, 0.29) is 48.7 Å². The minimum Gasteiger partial charge on any atom is -0.508 e. The van der Waals surface area contributed by atoms with Crippen molar-refractivity contribution in [2.45, 2.75) is 37.8 Å². The fourth-order valence-corrected chi connectivity index (χ4v) is 6.06. The van der Waals surface area contributed by atoms with Crippen LogP contribution in [0.4, 0.5) is 5.69 Å². The lowest BCUT2D eigenvalue weighted by atomic mass is 9.57. The molecule has 3 aliphatic carbocycles. The Hall–Kier alpha value is -3.90. The second-order valence-electron chi connectivity index (χ2n) is 10.6. The van der Waals surface area contributed by atoms with Crippen molar-refractivity contribution in [1.82, 2.24) is 15.5 Å². The first kappa shape index (κ1) is 28.1. The van der Waals surface area contributed by atoms with Gasteiger partial charge >= 0.3 is 0 Å². The monoisotopic (exact) mass is 542 g/mol. The van der Waals surface area contributed by atoms with Crippen molar-refractivity contribution in [3.63, 3.8) is 0 Å². The molecule has 4 rings (SSSR count). The van der Waals surface area contributed by atoms with E-state index in [0.717, 1.165) is 5.69 Å². The Balaban J connectivity index is 1.86. The largest absolute Gasteiger partial charge is 0.508 e. The maximum Gasteiger partial charge on any atom is 0.259 e. The first-order chi connectivity index (χ1) is 18.3. The minimum atomic E-state index is -2.69. The summed E-state index contributed by atoms with van der Waals surface area (Å²) in [6.45, 7) is 1.28. The molecule has 0 spiro atoms. The molecule has 12 nitrogen and oxygen atoms in total. The van der Waals surface area contributed by atoms with Gasteiger partial charge in [-0.2, -0.15) is 0 Å². The molecule has 39 heavy (non-hydrogen) atoms. The van der Waals surface area contributed by atoms with Crippen LogP contribution >= 0.6 is 0 Å². The number of hydrogen-bond acceptors (Lipinski definition) is 10. The number of benzene rings is 1. The number of phenolic OH excluding ortho intramolecular Hbond substituents is 1. The molecule has 0 radical (unpaired) electrons. The van der Waals surface area contributed by atoms with Crippen LogP contribution in [-0.4, -0.2) is 95.2 Å². The highest BCUT2D eigenvalue weighted by atomic mass is 16.3. The number of phenols is 1. The molecular weight excluding hydrogens is 508 g/mol. The number of amides is 2. The summed E-state index contributed by atoms with van der Waals surface area (Å²) in [6, 6.07) is 1.94. The zero-order valence-corrected chi connectivity index (χ0v) is 22.5. The van der Waals surface area contributed by atoms with Gasteiger partial charge in [-0.25, -0.2) is 0 Å². The van der Waals surface area contributed by atoms with Gasteiger partial charge in [0.1, 0.15) is 22.8 Å². The predicted molar refractivity (Wildman–Crippen MR) is 141 cm³/mol. The van der Waals surface area contributed by atoms with Gasteiger partial charge in [0.2, 0.25) is 11.7 Å². The Morgan fingerprint density at radius 1 is 1.08 bits per heavy atom. The first-order valence-electron chi connectivity index (χ1n) is 12.7. The molecule has 2 amide bonds. The molecule has 0 aromatic heterocycles. The maximum absolute atomic E-state index is 14.0. The fraction of sp³-hybridized carbons (Fsp3) is 0.481. The number of fused-ring (bicyclic) bond motifs is 3. The second kappa shape index (κ2) is 10.0. The molecule has 0 heterocycles. The van der Waals surface area contributed by atoms with Gasteiger partial charge in [-0.1, -0.05) is 6.92 Å². The van der Waals surface area contributed by atoms with Crippen molar-refractivity contribution in [2.75, 3.05) is 39.8 Å². The molecule has 3 aliphatic rings. The van der Waals surface area contributed by atoms with E-state index in [1.807, 2.05) is 4.90 Å². The number of nitrogens with zero attached hydrogens (tertiary/aromatic N) is 2. The van der Waals surface area contributed by atoms with E-state index in [1.165, 1.54) is 11.0 Å². The van der Waals surface area contributed by atoms with E-state index in [2.05, 4.69) is 10.6 Å². The number of hydrogen-bond donors (Lipinski definition) is 6. The summed E-state index contributed by atoms with van der Waals surface area (Å²) in [5.74, 6) is -6.87. The summed E-state index contributed by atoms with van der Waals surface area (Å²) < 4.78 is 0. The summed E-state index contributed by atoms with van der Waals surface area (Å²) in [7, 11) is 6.74. The smallest absolute Gasteiger partial charge is 0.259 e. The zero-order chi connectivity index (χ0) is 29.0. The Morgan fingerprint density at radius 3 is 2.33 bits per heavy atom. The number of Topliss-reactive ketones (excluding diaryl/α,β-unsaturated/α-hetero) is 2. The molecule has 210 valence electrons. The average molecular weight is 543 g/mol. The van der Waals surface area contributed by atoms with Crippen molar-refractivity contribution in [2.24, 2.45) is 11.8 Å². The van der Waals surface area contributed by atoms with Gasteiger partial charge in [-0.3, -0.25) is 24.1 Å². The number of ketones is 2. The van der Waals surface area contributed by atoms with E-state index in [1.54, 1.807) is 41.2 Å². The van der Waals surface area contributed by atoms with Crippen LogP contribution in [-0.2, 0) is 25.6 Å². The third kappa shape index (κ3) is 4.23. The van der Waals surface area contributed by atoms with Crippen molar-refractivity contribution in [3.8, 4) is 5.75 Å². The van der Waals surface area contributed by atoms with Gasteiger partial charge in [-0.15, -0.1) is 0 Å². The molecule has 1 saturated carbocycles. The minimum absolute atomic E-state index is 0.0314. The topological polar surface area (TPSA) is 180 Å². The molecular formula is C27H34N4O8. The van der Waals surface area contributed by atoms with Crippen LogP contribution in [0.1, 0.15) is 30.9 Å². The molecule has 0 aliphatic heterocycles. The van der Waals surface area contributed by atoms with Crippen LogP contribution in [0.15, 0.2) is 29.0 Å². The molecule has 12 heteroatoms. The number of aliphatic hydroxyl groups excluding tert-OH is 2. The number of aliphatic hydroxyl groups is 3. The molecule has 1 aromatic rings. The van der Waals surface area contributed by atoms with Crippen LogP contribution in [0.3, 0.4) is 0 Å². The molecule has 0 bridgehead atoms. The van der Waals surface area contributed by atoms with Crippen LogP contribution in [0, 0.1) is 11.8 Å². The molecule has 1 aromatic carbocycles. The van der Waals surface area contributed by atoms with Gasteiger partial charge in [0.05, 0.1) is 18.3 Å². The van der Waals surface area contributed by atoms with Crippen LogP contribution in [0.2, 0.25) is 0 Å². The van der Waals surface area contributed by atoms with Crippen LogP contribution in [0.25, 0.3) is 5.76 Å². The van der Waals surface area contributed by atoms with Gasteiger partial charge < -0.3 is 36.0 Å². The Bertz CT molecular complexity index is 1330. The molecule has 1 fully saturated rings. The quantitative estimate of drug-likeness (QED) is 0.214. The van der Waals surface area contributed by atoms with Crippen molar-refractivity contribution in [1.29, 1.82) is 0 Å². The molecule has 4 unspecified atom stereocenters. The summed E-state index contributed by atoms with van der Waals surface area (Å²) >= 11 is 0. The summed E-state index contributed by atoms with van der Waals surface area (Å²) in [6.07, 6.45) is 0.428. The highest BCUT2D eigenvalue weighted by molar-refractivity contribution is 6.25.